The molecule has 102 valence electrons. The van der Waals surface area contributed by atoms with Gasteiger partial charge in [-0.25, -0.2) is 0 Å². The van der Waals surface area contributed by atoms with Gasteiger partial charge >= 0.3 is 0 Å². The fourth-order valence-electron chi connectivity index (χ4n) is 2.16. The van der Waals surface area contributed by atoms with Gasteiger partial charge in [0.25, 0.3) is 0 Å². The Bertz CT molecular complexity index is 302. The molecule has 1 rings (SSSR count). The Morgan fingerprint density at radius 1 is 1.00 bits per heavy atom. The largest absolute Gasteiger partial charge is 0.392 e. The average Bonchev–Trinajstić information content (AvgIpc) is 2.28. The van der Waals surface area contributed by atoms with E-state index < -0.39 is 0 Å². The molecular formula is C15H25NO2. The van der Waals surface area contributed by atoms with Crippen molar-refractivity contribution in [2.45, 2.75) is 38.9 Å². The van der Waals surface area contributed by atoms with Gasteiger partial charge in [-0.2, -0.15) is 0 Å². The molecule has 18 heavy (non-hydrogen) atoms. The van der Waals surface area contributed by atoms with E-state index in [0.29, 0.717) is 13.1 Å². The Labute approximate surface area is 110 Å². The van der Waals surface area contributed by atoms with Crippen LogP contribution in [0.2, 0.25) is 0 Å². The molecular weight excluding hydrogens is 226 g/mol. The first-order valence-corrected chi connectivity index (χ1v) is 6.70. The number of hydrogen-bond donors (Lipinski definition) is 2. The van der Waals surface area contributed by atoms with E-state index in [2.05, 4.69) is 29.2 Å². The van der Waals surface area contributed by atoms with Crippen LogP contribution in [0.25, 0.3) is 0 Å². The minimum atomic E-state index is -0.347. The van der Waals surface area contributed by atoms with Gasteiger partial charge in [-0.1, -0.05) is 30.3 Å². The van der Waals surface area contributed by atoms with E-state index in [4.69, 9.17) is 0 Å². The van der Waals surface area contributed by atoms with Gasteiger partial charge in [-0.15, -0.1) is 0 Å². The molecule has 0 fully saturated rings. The highest BCUT2D eigenvalue weighted by Gasteiger charge is 2.10. The summed E-state index contributed by atoms with van der Waals surface area (Å²) in [6, 6.07) is 10.4. The number of hydrogen-bond acceptors (Lipinski definition) is 3. The van der Waals surface area contributed by atoms with Crippen LogP contribution in [0.4, 0.5) is 0 Å². The standard InChI is InChI=1S/C15H25NO2/c1-13(17)11-16(12-14(2)18)10-6-9-15-7-4-3-5-8-15/h3-5,7-8,13-14,17-18H,6,9-12H2,1-2H3. The molecule has 1 aromatic carbocycles. The molecule has 0 radical (unpaired) electrons. The lowest BCUT2D eigenvalue weighted by Gasteiger charge is -2.24. The highest BCUT2D eigenvalue weighted by atomic mass is 16.3. The van der Waals surface area contributed by atoms with Crippen molar-refractivity contribution in [3.63, 3.8) is 0 Å². The van der Waals surface area contributed by atoms with Gasteiger partial charge in [0.05, 0.1) is 12.2 Å². The van der Waals surface area contributed by atoms with Gasteiger partial charge in [0, 0.05) is 13.1 Å². The summed E-state index contributed by atoms with van der Waals surface area (Å²) < 4.78 is 0. The summed E-state index contributed by atoms with van der Waals surface area (Å²) in [7, 11) is 0. The summed E-state index contributed by atoms with van der Waals surface area (Å²) in [5.41, 5.74) is 1.34. The molecule has 0 spiro atoms. The Morgan fingerprint density at radius 3 is 2.06 bits per heavy atom. The maximum atomic E-state index is 9.43. The first kappa shape index (κ1) is 15.2. The molecule has 0 bridgehead atoms. The Hall–Kier alpha value is -0.900. The van der Waals surface area contributed by atoms with Crippen molar-refractivity contribution in [2.75, 3.05) is 19.6 Å². The highest BCUT2D eigenvalue weighted by Crippen LogP contribution is 2.04. The molecule has 2 N–H and O–H groups in total. The van der Waals surface area contributed by atoms with Crippen LogP contribution >= 0.6 is 0 Å². The summed E-state index contributed by atoms with van der Waals surface area (Å²) in [4.78, 5) is 2.12. The van der Waals surface area contributed by atoms with Gasteiger partial charge in [0.2, 0.25) is 0 Å². The number of aliphatic hydroxyl groups is 2. The normalized spacial score (nSPS) is 14.7. The van der Waals surface area contributed by atoms with E-state index >= 15 is 0 Å². The zero-order valence-corrected chi connectivity index (χ0v) is 11.4. The van der Waals surface area contributed by atoms with E-state index in [1.165, 1.54) is 5.56 Å². The molecule has 3 heteroatoms. The summed E-state index contributed by atoms with van der Waals surface area (Å²) in [6.07, 6.45) is 1.39. The molecule has 0 saturated heterocycles. The Balaban J connectivity index is 2.32. The van der Waals surface area contributed by atoms with Crippen LogP contribution in [0.3, 0.4) is 0 Å². The van der Waals surface area contributed by atoms with E-state index in [0.717, 1.165) is 19.4 Å². The third-order valence-electron chi connectivity index (χ3n) is 2.83. The van der Waals surface area contributed by atoms with Crippen molar-refractivity contribution in [2.24, 2.45) is 0 Å². The second kappa shape index (κ2) is 8.25. The maximum Gasteiger partial charge on any atom is 0.0639 e. The van der Waals surface area contributed by atoms with Crippen LogP contribution in [0, 0.1) is 0 Å². The maximum absolute atomic E-state index is 9.43. The molecule has 0 saturated carbocycles. The SMILES string of the molecule is CC(O)CN(CCCc1ccccc1)CC(C)O. The number of rotatable bonds is 8. The predicted molar refractivity (Wildman–Crippen MR) is 74.6 cm³/mol. The van der Waals surface area contributed by atoms with E-state index in [1.54, 1.807) is 13.8 Å². The van der Waals surface area contributed by atoms with Gasteiger partial charge in [0.15, 0.2) is 0 Å². The lowest BCUT2D eigenvalue weighted by Crippen LogP contribution is -2.37. The molecule has 0 amide bonds. The predicted octanol–water partition coefficient (Wildman–Crippen LogP) is 1.68. The van der Waals surface area contributed by atoms with Gasteiger partial charge in [-0.3, -0.25) is 4.90 Å². The third-order valence-corrected chi connectivity index (χ3v) is 2.83. The summed E-state index contributed by atoms with van der Waals surface area (Å²) in [6.45, 7) is 5.72. The zero-order valence-electron chi connectivity index (χ0n) is 11.4. The lowest BCUT2D eigenvalue weighted by molar-refractivity contribution is 0.0830. The van der Waals surface area contributed by atoms with Gasteiger partial charge in [0.1, 0.15) is 0 Å². The molecule has 0 aromatic heterocycles. The zero-order chi connectivity index (χ0) is 13.4. The molecule has 0 aliphatic heterocycles. The van der Waals surface area contributed by atoms with Crippen molar-refractivity contribution in [1.82, 2.24) is 4.90 Å². The summed E-state index contributed by atoms with van der Waals surface area (Å²) in [5, 5.41) is 18.9. The second-order valence-corrected chi connectivity index (χ2v) is 5.05. The Kier molecular flexibility index (Phi) is 6.94. The van der Waals surface area contributed by atoms with Crippen LogP contribution in [-0.2, 0) is 6.42 Å². The van der Waals surface area contributed by atoms with Crippen molar-refractivity contribution in [3.05, 3.63) is 35.9 Å². The smallest absolute Gasteiger partial charge is 0.0639 e. The number of nitrogens with zero attached hydrogens (tertiary/aromatic N) is 1. The third kappa shape index (κ3) is 6.74. The van der Waals surface area contributed by atoms with Crippen molar-refractivity contribution < 1.29 is 10.2 Å². The van der Waals surface area contributed by atoms with E-state index in [-0.39, 0.29) is 12.2 Å². The van der Waals surface area contributed by atoms with Crippen LogP contribution in [0.1, 0.15) is 25.8 Å². The van der Waals surface area contributed by atoms with E-state index in [1.807, 2.05) is 6.07 Å². The fraction of sp³-hybridized carbons (Fsp3) is 0.600. The molecule has 2 atom stereocenters. The number of benzene rings is 1. The highest BCUT2D eigenvalue weighted by molar-refractivity contribution is 5.14. The van der Waals surface area contributed by atoms with Crippen molar-refractivity contribution in [1.29, 1.82) is 0 Å². The molecule has 0 aliphatic carbocycles. The van der Waals surface area contributed by atoms with Crippen LogP contribution < -0.4 is 0 Å². The van der Waals surface area contributed by atoms with Crippen molar-refractivity contribution >= 4 is 0 Å². The monoisotopic (exact) mass is 251 g/mol. The minimum Gasteiger partial charge on any atom is -0.392 e. The minimum absolute atomic E-state index is 0.347. The van der Waals surface area contributed by atoms with Crippen molar-refractivity contribution in [3.8, 4) is 0 Å². The molecule has 3 nitrogen and oxygen atoms in total. The molecule has 0 aliphatic rings. The van der Waals surface area contributed by atoms with Gasteiger partial charge in [-0.05, 0) is 38.8 Å². The molecule has 1 aromatic rings. The average molecular weight is 251 g/mol. The first-order chi connectivity index (χ1) is 8.58. The second-order valence-electron chi connectivity index (χ2n) is 5.05. The summed E-state index contributed by atoms with van der Waals surface area (Å²) in [5.74, 6) is 0. The topological polar surface area (TPSA) is 43.7 Å². The molecule has 0 heterocycles. The Morgan fingerprint density at radius 2 is 1.56 bits per heavy atom. The van der Waals surface area contributed by atoms with Crippen LogP contribution in [0.15, 0.2) is 30.3 Å². The number of aliphatic hydroxyl groups excluding tert-OH is 2. The van der Waals surface area contributed by atoms with E-state index in [9.17, 15) is 10.2 Å². The lowest BCUT2D eigenvalue weighted by atomic mass is 10.1. The van der Waals surface area contributed by atoms with Gasteiger partial charge < -0.3 is 10.2 Å². The van der Waals surface area contributed by atoms with Crippen LogP contribution in [-0.4, -0.2) is 47.0 Å². The quantitative estimate of drug-likeness (QED) is 0.739. The first-order valence-electron chi connectivity index (χ1n) is 6.70. The van der Waals surface area contributed by atoms with Crippen LogP contribution in [0.5, 0.6) is 0 Å². The molecule has 2 unspecified atom stereocenters. The summed E-state index contributed by atoms with van der Waals surface area (Å²) >= 11 is 0. The number of aryl methyl sites for hydroxylation is 1. The fourth-order valence-corrected chi connectivity index (χ4v) is 2.16.